The van der Waals surface area contributed by atoms with Crippen LogP contribution in [0.25, 0.3) is 10.9 Å². The quantitative estimate of drug-likeness (QED) is 0.182. The van der Waals surface area contributed by atoms with E-state index in [1.165, 1.54) is 11.0 Å². The summed E-state index contributed by atoms with van der Waals surface area (Å²) in [7, 11) is -4.02. The van der Waals surface area contributed by atoms with Gasteiger partial charge in [0.05, 0.1) is 34.6 Å². The fourth-order valence-corrected chi connectivity index (χ4v) is 11.0. The summed E-state index contributed by atoms with van der Waals surface area (Å²) < 4.78 is 46.9. The highest BCUT2D eigenvalue weighted by molar-refractivity contribution is 7.91. The first-order valence-corrected chi connectivity index (χ1v) is 24.7. The van der Waals surface area contributed by atoms with Crippen LogP contribution in [0.4, 0.5) is 4.79 Å². The smallest absolute Gasteiger partial charge is 0.408 e. The Kier molecular flexibility index (Phi) is 12.5. The molecule has 3 aliphatic carbocycles. The Hall–Kier alpha value is -4.48. The standard InChI is InChI=1S/C47H66N6O10S/c1-7-30-26-47(30,42(56)51-64(59,60)46(6)18-19-46)50-39(54)35-25-31-27-53(35)41(55)38(44(2,3)4)49-43(57)63-36-24-29(36)14-9-8-10-16-33-37(32-15-11-12-17-34(32)48-40(33)62-31)61-23-13-21-52-22-20-45(5,58)28-52/h7,11-12,15,17,29-31,35-36,38,58H,1,8-10,13-14,16,18-28H2,2-6H3,(H,49,57)(H,50,54)(H,51,56)/t29-,30-,31-,35+,36-,38-,45?,47-/m1/s1. The van der Waals surface area contributed by atoms with Crippen molar-refractivity contribution in [2.45, 2.75) is 152 Å². The van der Waals surface area contributed by atoms with E-state index in [1.807, 2.05) is 52.0 Å². The molecule has 4 heterocycles. The first kappa shape index (κ1) is 46.1. The summed E-state index contributed by atoms with van der Waals surface area (Å²) in [6.07, 6.45) is 7.19. The topological polar surface area (TPSA) is 206 Å². The lowest BCUT2D eigenvalue weighted by Gasteiger charge is -2.35. The van der Waals surface area contributed by atoms with Crippen LogP contribution in [0.5, 0.6) is 11.6 Å². The molecule has 0 spiro atoms. The van der Waals surface area contributed by atoms with Crippen molar-refractivity contribution in [2.24, 2.45) is 17.3 Å². The molecule has 16 nitrogen and oxygen atoms in total. The summed E-state index contributed by atoms with van der Waals surface area (Å²) in [6.45, 7) is 15.3. The third kappa shape index (κ3) is 9.72. The average Bonchev–Trinajstić information content (AvgIpc) is 4.19. The first-order chi connectivity index (χ1) is 30.2. The molecule has 350 valence electrons. The Morgan fingerprint density at radius 2 is 1.86 bits per heavy atom. The van der Waals surface area contributed by atoms with Crippen LogP contribution in [-0.2, 0) is 35.6 Å². The fourth-order valence-electron chi connectivity index (χ4n) is 9.68. The number of likely N-dealkylation sites (tertiary alicyclic amines) is 1. The highest BCUT2D eigenvalue weighted by atomic mass is 32.2. The Balaban J connectivity index is 1.11. The van der Waals surface area contributed by atoms with Crippen LogP contribution in [-0.4, -0.2) is 125 Å². The maximum absolute atomic E-state index is 14.9. The van der Waals surface area contributed by atoms with Crippen molar-refractivity contribution in [2.75, 3.05) is 32.8 Å². The normalized spacial score (nSPS) is 31.8. The predicted octanol–water partition coefficient (Wildman–Crippen LogP) is 4.51. The van der Waals surface area contributed by atoms with Crippen molar-refractivity contribution >= 4 is 44.7 Å². The lowest BCUT2D eigenvalue weighted by atomic mass is 9.85. The maximum atomic E-state index is 14.9. The molecule has 17 heteroatoms. The number of amides is 4. The van der Waals surface area contributed by atoms with Crippen LogP contribution in [0.3, 0.4) is 0 Å². The average molecular weight is 907 g/mol. The van der Waals surface area contributed by atoms with Gasteiger partial charge >= 0.3 is 6.09 Å². The predicted molar refractivity (Wildman–Crippen MR) is 239 cm³/mol. The SMILES string of the molecule is C=C[C@@H]1C[C@]1(NC(=O)[C@@H]1C[C@@H]2CN1C(=O)[C@H](C(C)(C)C)NC(=O)O[C@@H]1C[C@H]1CCCCCc1c(nc3ccccc3c1OCCCN1CCC(C)(O)C1)O2)C(=O)NS(=O)(=O)C1(C)CC1. The van der Waals surface area contributed by atoms with Gasteiger partial charge in [0.25, 0.3) is 5.91 Å². The molecule has 5 fully saturated rings. The Labute approximate surface area is 376 Å². The number of rotatable bonds is 11. The van der Waals surface area contributed by atoms with E-state index in [-0.39, 0.29) is 31.4 Å². The number of ether oxygens (including phenoxy) is 3. The molecular formula is C47H66N6O10S. The van der Waals surface area contributed by atoms with Crippen LogP contribution in [0.15, 0.2) is 36.9 Å². The van der Waals surface area contributed by atoms with Gasteiger partial charge in [-0.2, -0.15) is 0 Å². The zero-order valence-electron chi connectivity index (χ0n) is 38.0. The minimum Gasteiger partial charge on any atom is -0.492 e. The molecule has 0 radical (unpaired) electrons. The van der Waals surface area contributed by atoms with E-state index >= 15 is 0 Å². The highest BCUT2D eigenvalue weighted by Crippen LogP contribution is 2.47. The number of nitrogens with one attached hydrogen (secondary N) is 3. The van der Waals surface area contributed by atoms with Crippen LogP contribution >= 0.6 is 0 Å². The van der Waals surface area contributed by atoms with Crippen LogP contribution < -0.4 is 24.8 Å². The molecule has 1 aromatic carbocycles. The monoisotopic (exact) mass is 906 g/mol. The summed E-state index contributed by atoms with van der Waals surface area (Å²) in [5, 5.41) is 17.0. The number of benzene rings is 1. The van der Waals surface area contributed by atoms with Crippen LogP contribution in [0, 0.1) is 17.3 Å². The summed E-state index contributed by atoms with van der Waals surface area (Å²) in [5.74, 6) is -1.32. The third-order valence-electron chi connectivity index (χ3n) is 14.3. The summed E-state index contributed by atoms with van der Waals surface area (Å²) in [6, 6.07) is 5.46. The van der Waals surface area contributed by atoms with Crippen molar-refractivity contribution in [1.29, 1.82) is 0 Å². The number of hydrogen-bond donors (Lipinski definition) is 4. The first-order valence-electron chi connectivity index (χ1n) is 23.2. The second-order valence-corrected chi connectivity index (χ2v) is 23.0. The van der Waals surface area contributed by atoms with E-state index in [2.05, 4.69) is 26.8 Å². The van der Waals surface area contributed by atoms with Gasteiger partial charge in [0.1, 0.15) is 35.6 Å². The van der Waals surface area contributed by atoms with E-state index in [9.17, 15) is 32.7 Å². The number of nitrogens with zero attached hydrogens (tertiary/aromatic N) is 3. The highest BCUT2D eigenvalue weighted by Gasteiger charge is 2.63. The van der Waals surface area contributed by atoms with Crippen LogP contribution in [0.1, 0.15) is 111 Å². The third-order valence-corrected chi connectivity index (χ3v) is 16.5. The van der Waals surface area contributed by atoms with Crippen molar-refractivity contribution in [3.63, 3.8) is 0 Å². The van der Waals surface area contributed by atoms with Gasteiger partial charge in [-0.3, -0.25) is 19.1 Å². The van der Waals surface area contributed by atoms with Gasteiger partial charge in [0.15, 0.2) is 0 Å². The fraction of sp³-hybridized carbons (Fsp3) is 0.681. The van der Waals surface area contributed by atoms with Gasteiger partial charge in [0, 0.05) is 37.4 Å². The summed E-state index contributed by atoms with van der Waals surface area (Å²) in [4.78, 5) is 65.5. The molecule has 2 saturated heterocycles. The number of pyridine rings is 1. The molecule has 1 unspecified atom stereocenters. The number of sulfonamides is 1. The van der Waals surface area contributed by atoms with Crippen molar-refractivity contribution in [1.82, 2.24) is 30.1 Å². The summed E-state index contributed by atoms with van der Waals surface area (Å²) >= 11 is 0. The number of hydrogen-bond acceptors (Lipinski definition) is 12. The number of fused-ring (bicyclic) bond motifs is 5. The lowest BCUT2D eigenvalue weighted by Crippen LogP contribution is -2.60. The Morgan fingerprint density at radius 3 is 2.55 bits per heavy atom. The van der Waals surface area contributed by atoms with E-state index < -0.39 is 79.2 Å². The van der Waals surface area contributed by atoms with Gasteiger partial charge < -0.3 is 39.8 Å². The number of carbonyl (C=O) groups is 4. The molecule has 4 N–H and O–H groups in total. The molecule has 4 amide bonds. The number of alkyl carbamates (subject to hydrolysis) is 1. The van der Waals surface area contributed by atoms with Crippen molar-refractivity contribution < 1.29 is 46.9 Å². The molecule has 2 bridgehead atoms. The minimum absolute atomic E-state index is 0.0131. The minimum atomic E-state index is -4.02. The molecule has 64 heavy (non-hydrogen) atoms. The lowest BCUT2D eigenvalue weighted by molar-refractivity contribution is -0.142. The number of β-amino-alcohol motifs (C(OH)–C–C–N with tert-alkyl or cyclic N) is 1. The molecule has 8 rings (SSSR count). The second kappa shape index (κ2) is 17.4. The number of aromatic nitrogens is 1. The van der Waals surface area contributed by atoms with Crippen molar-refractivity contribution in [3.8, 4) is 11.6 Å². The molecule has 6 aliphatic rings. The van der Waals surface area contributed by atoms with E-state index in [1.54, 1.807) is 6.92 Å². The van der Waals surface area contributed by atoms with Gasteiger partial charge in [-0.15, -0.1) is 6.58 Å². The molecule has 2 aromatic rings. The molecule has 3 aliphatic heterocycles. The second-order valence-electron chi connectivity index (χ2n) is 20.8. The zero-order valence-corrected chi connectivity index (χ0v) is 38.8. The molecular weight excluding hydrogens is 841 g/mol. The summed E-state index contributed by atoms with van der Waals surface area (Å²) in [5.41, 5.74) is -1.63. The largest absolute Gasteiger partial charge is 0.492 e. The van der Waals surface area contributed by atoms with Gasteiger partial charge in [-0.25, -0.2) is 18.2 Å². The number of aliphatic hydroxyl groups is 1. The van der Waals surface area contributed by atoms with Gasteiger partial charge in [-0.1, -0.05) is 51.8 Å². The molecule has 8 atom stereocenters. The zero-order chi connectivity index (χ0) is 45.8. The Morgan fingerprint density at radius 1 is 1.09 bits per heavy atom. The number of para-hydroxylation sites is 1. The van der Waals surface area contributed by atoms with Crippen molar-refractivity contribution in [3.05, 3.63) is 42.5 Å². The molecule has 3 saturated carbocycles. The van der Waals surface area contributed by atoms with Gasteiger partial charge in [0.2, 0.25) is 27.7 Å². The van der Waals surface area contributed by atoms with E-state index in [4.69, 9.17) is 19.2 Å². The van der Waals surface area contributed by atoms with E-state index in [0.29, 0.717) is 49.6 Å². The van der Waals surface area contributed by atoms with Crippen LogP contribution in [0.2, 0.25) is 0 Å². The van der Waals surface area contributed by atoms with Gasteiger partial charge in [-0.05, 0) is 95.1 Å². The number of carbonyl (C=O) groups excluding carboxylic acids is 4. The maximum Gasteiger partial charge on any atom is 0.408 e. The molecule has 1 aromatic heterocycles. The Bertz CT molecular complexity index is 2280. The van der Waals surface area contributed by atoms with E-state index in [0.717, 1.165) is 69.0 Å².